The van der Waals surface area contributed by atoms with Crippen LogP contribution in [0.25, 0.3) is 11.1 Å². The van der Waals surface area contributed by atoms with Crippen LogP contribution in [0.3, 0.4) is 0 Å². The lowest BCUT2D eigenvalue weighted by Crippen LogP contribution is -2.22. The van der Waals surface area contributed by atoms with E-state index in [9.17, 15) is 15.0 Å². The summed E-state index contributed by atoms with van der Waals surface area (Å²) in [7, 11) is 0. The SMILES string of the molecule is Cc1cc(OCC[C@H](O)CO)cc(C)c1-c1cccc(COc2ccc3c(c2)OC2(CC2)[C@@H]3CC(=O)O)c1C. The average Bonchev–Trinajstić information content (AvgIpc) is 3.61. The van der Waals surface area contributed by atoms with Crippen LogP contribution in [-0.4, -0.2) is 46.2 Å². The molecule has 3 aromatic rings. The van der Waals surface area contributed by atoms with E-state index in [0.717, 1.165) is 63.3 Å². The van der Waals surface area contributed by atoms with Gasteiger partial charge in [0.05, 0.1) is 25.7 Å². The number of aliphatic hydroxyl groups is 2. The van der Waals surface area contributed by atoms with Crippen LogP contribution < -0.4 is 14.2 Å². The quantitative estimate of drug-likeness (QED) is 0.301. The molecule has 3 N–H and O–H groups in total. The average molecular weight is 533 g/mol. The molecule has 3 aromatic carbocycles. The zero-order valence-corrected chi connectivity index (χ0v) is 22.7. The molecule has 5 rings (SSSR count). The van der Waals surface area contributed by atoms with E-state index in [1.54, 1.807) is 0 Å². The molecule has 7 heteroatoms. The van der Waals surface area contributed by atoms with Gasteiger partial charge in [0, 0.05) is 24.0 Å². The van der Waals surface area contributed by atoms with Gasteiger partial charge in [-0.1, -0.05) is 24.3 Å². The lowest BCUT2D eigenvalue weighted by Gasteiger charge is -2.18. The van der Waals surface area contributed by atoms with Gasteiger partial charge < -0.3 is 29.5 Å². The van der Waals surface area contributed by atoms with Gasteiger partial charge in [-0.3, -0.25) is 4.79 Å². The van der Waals surface area contributed by atoms with Gasteiger partial charge in [0.25, 0.3) is 0 Å². The van der Waals surface area contributed by atoms with Crippen LogP contribution in [0.15, 0.2) is 48.5 Å². The summed E-state index contributed by atoms with van der Waals surface area (Å²) in [5.41, 5.74) is 7.31. The molecule has 0 aromatic heterocycles. The van der Waals surface area contributed by atoms with E-state index in [0.29, 0.717) is 25.4 Å². The minimum atomic E-state index is -0.802. The van der Waals surface area contributed by atoms with Crippen molar-refractivity contribution < 1.29 is 34.3 Å². The Hall–Kier alpha value is -3.55. The van der Waals surface area contributed by atoms with Crippen molar-refractivity contribution in [3.63, 3.8) is 0 Å². The highest BCUT2D eigenvalue weighted by Gasteiger charge is 2.57. The van der Waals surface area contributed by atoms with E-state index >= 15 is 0 Å². The minimum absolute atomic E-state index is 0.0813. The Balaban J connectivity index is 1.30. The van der Waals surface area contributed by atoms with Gasteiger partial charge in [-0.15, -0.1) is 0 Å². The zero-order chi connectivity index (χ0) is 27.7. The van der Waals surface area contributed by atoms with Crippen LogP contribution in [-0.2, 0) is 11.4 Å². The van der Waals surface area contributed by atoms with Gasteiger partial charge in [0.2, 0.25) is 0 Å². The summed E-state index contributed by atoms with van der Waals surface area (Å²) >= 11 is 0. The van der Waals surface area contributed by atoms with E-state index in [-0.39, 0.29) is 24.5 Å². The fourth-order valence-corrected chi connectivity index (χ4v) is 5.71. The molecule has 7 nitrogen and oxygen atoms in total. The number of carboxylic acids is 1. The second-order valence-electron chi connectivity index (χ2n) is 10.8. The summed E-state index contributed by atoms with van der Waals surface area (Å²) in [4.78, 5) is 11.4. The first-order valence-electron chi connectivity index (χ1n) is 13.5. The Kier molecular flexibility index (Phi) is 7.56. The number of aryl methyl sites for hydroxylation is 2. The lowest BCUT2D eigenvalue weighted by molar-refractivity contribution is -0.138. The van der Waals surface area contributed by atoms with Crippen molar-refractivity contribution in [1.29, 1.82) is 0 Å². The highest BCUT2D eigenvalue weighted by Crippen LogP contribution is 2.59. The van der Waals surface area contributed by atoms with Gasteiger partial charge in [0.1, 0.15) is 29.5 Å². The van der Waals surface area contributed by atoms with Gasteiger partial charge in [-0.2, -0.15) is 0 Å². The summed E-state index contributed by atoms with van der Waals surface area (Å²) in [5, 5.41) is 27.9. The third-order valence-electron chi connectivity index (χ3n) is 7.98. The van der Waals surface area contributed by atoms with Crippen molar-refractivity contribution in [2.45, 2.75) is 70.7 Å². The Labute approximate surface area is 229 Å². The van der Waals surface area contributed by atoms with Crippen molar-refractivity contribution in [2.24, 2.45) is 0 Å². The smallest absolute Gasteiger partial charge is 0.304 e. The molecular formula is C32H36O7. The van der Waals surface area contributed by atoms with Gasteiger partial charge in [-0.25, -0.2) is 0 Å². The summed E-state index contributed by atoms with van der Waals surface area (Å²) < 4.78 is 18.2. The fraction of sp³-hybridized carbons (Fsp3) is 0.406. The Morgan fingerprint density at radius 1 is 1.05 bits per heavy atom. The van der Waals surface area contributed by atoms with Crippen molar-refractivity contribution in [3.8, 4) is 28.4 Å². The van der Waals surface area contributed by atoms with Crippen LogP contribution in [0.5, 0.6) is 17.2 Å². The first kappa shape index (κ1) is 27.0. The summed E-state index contributed by atoms with van der Waals surface area (Å²) in [6, 6.07) is 16.0. The maximum atomic E-state index is 11.4. The van der Waals surface area contributed by atoms with Crippen molar-refractivity contribution >= 4 is 5.97 Å². The molecule has 0 amide bonds. The van der Waals surface area contributed by atoms with Gasteiger partial charge in [-0.05, 0) is 85.2 Å². The number of hydrogen-bond donors (Lipinski definition) is 3. The third-order valence-corrected chi connectivity index (χ3v) is 7.98. The maximum absolute atomic E-state index is 11.4. The molecule has 0 saturated heterocycles. The lowest BCUT2D eigenvalue weighted by atomic mass is 9.90. The van der Waals surface area contributed by atoms with E-state index in [1.165, 1.54) is 0 Å². The Morgan fingerprint density at radius 2 is 1.79 bits per heavy atom. The number of benzene rings is 3. The number of aliphatic hydroxyl groups excluding tert-OH is 2. The van der Waals surface area contributed by atoms with Crippen LogP contribution in [0, 0.1) is 20.8 Å². The number of ether oxygens (including phenoxy) is 3. The molecular weight excluding hydrogens is 496 g/mol. The molecule has 0 unspecified atom stereocenters. The Morgan fingerprint density at radius 3 is 2.46 bits per heavy atom. The molecule has 2 atom stereocenters. The van der Waals surface area contributed by atoms with Crippen LogP contribution in [0.4, 0.5) is 0 Å². The van der Waals surface area contributed by atoms with Gasteiger partial charge >= 0.3 is 5.97 Å². The topological polar surface area (TPSA) is 105 Å². The van der Waals surface area contributed by atoms with E-state index < -0.39 is 12.1 Å². The van der Waals surface area contributed by atoms with Crippen LogP contribution in [0.1, 0.15) is 59.4 Å². The largest absolute Gasteiger partial charge is 0.493 e. The van der Waals surface area contributed by atoms with Crippen LogP contribution >= 0.6 is 0 Å². The number of carbonyl (C=O) groups is 1. The highest BCUT2D eigenvalue weighted by atomic mass is 16.5. The number of carboxylic acid groups (broad SMARTS) is 1. The monoisotopic (exact) mass is 532 g/mol. The molecule has 1 saturated carbocycles. The predicted octanol–water partition coefficient (Wildman–Crippen LogP) is 5.46. The first-order valence-corrected chi connectivity index (χ1v) is 13.5. The molecule has 2 aliphatic rings. The zero-order valence-electron chi connectivity index (χ0n) is 22.7. The normalized spacial score (nSPS) is 17.4. The minimum Gasteiger partial charge on any atom is -0.493 e. The standard InChI is InChI=1S/C32H36O7/c1-19-13-25(37-12-9-23(34)17-33)14-20(2)31(19)26-6-4-5-22(21(26)3)18-38-24-7-8-27-28(16-30(35)36)32(10-11-32)39-29(27)15-24/h4-8,13-15,23,28,33-34H,9-12,16-18H2,1-3H3,(H,35,36)/t23-,28+/m0/s1. The number of fused-ring (bicyclic) bond motifs is 1. The molecule has 39 heavy (non-hydrogen) atoms. The van der Waals surface area contributed by atoms with E-state index in [1.807, 2.05) is 36.4 Å². The highest BCUT2D eigenvalue weighted by molar-refractivity contribution is 5.75. The summed E-state index contributed by atoms with van der Waals surface area (Å²) in [5.74, 6) is 1.28. The number of aliphatic carboxylic acids is 1. The fourth-order valence-electron chi connectivity index (χ4n) is 5.71. The van der Waals surface area contributed by atoms with Crippen LogP contribution in [0.2, 0.25) is 0 Å². The molecule has 1 aliphatic heterocycles. The molecule has 0 radical (unpaired) electrons. The van der Waals surface area contributed by atoms with Crippen molar-refractivity contribution in [1.82, 2.24) is 0 Å². The molecule has 1 spiro atoms. The molecule has 1 heterocycles. The molecule has 1 aliphatic carbocycles. The van der Waals surface area contributed by atoms with E-state index in [2.05, 4.69) is 32.9 Å². The van der Waals surface area contributed by atoms with Gasteiger partial charge in [0.15, 0.2) is 0 Å². The van der Waals surface area contributed by atoms with E-state index in [4.69, 9.17) is 19.3 Å². The molecule has 0 bridgehead atoms. The Bertz CT molecular complexity index is 1350. The van der Waals surface area contributed by atoms with Crippen molar-refractivity contribution in [2.75, 3.05) is 13.2 Å². The number of hydrogen-bond acceptors (Lipinski definition) is 6. The first-order chi connectivity index (χ1) is 18.7. The van der Waals surface area contributed by atoms with Crippen molar-refractivity contribution in [3.05, 3.63) is 76.3 Å². The third kappa shape index (κ3) is 5.60. The summed E-state index contributed by atoms with van der Waals surface area (Å²) in [6.45, 7) is 6.69. The maximum Gasteiger partial charge on any atom is 0.304 e. The second-order valence-corrected chi connectivity index (χ2v) is 10.8. The number of rotatable bonds is 11. The molecule has 1 fully saturated rings. The predicted molar refractivity (Wildman–Crippen MR) is 148 cm³/mol. The second kappa shape index (κ2) is 10.9. The molecule has 206 valence electrons. The summed E-state index contributed by atoms with van der Waals surface area (Å²) in [6.07, 6.45) is 1.46.